The zero-order valence-corrected chi connectivity index (χ0v) is 10.8. The van der Waals surface area contributed by atoms with Crippen LogP contribution >= 0.6 is 0 Å². The van der Waals surface area contributed by atoms with Crippen LogP contribution < -0.4 is 10.5 Å². The second-order valence-corrected chi connectivity index (χ2v) is 4.36. The summed E-state index contributed by atoms with van der Waals surface area (Å²) in [4.78, 5) is 4.30. The molecule has 0 aliphatic carbocycles. The minimum atomic E-state index is -0.0375. The van der Waals surface area contributed by atoms with Crippen LogP contribution in [0, 0.1) is 6.92 Å². The van der Waals surface area contributed by atoms with E-state index in [2.05, 4.69) is 11.1 Å². The molecule has 1 aromatic heterocycles. The highest BCUT2D eigenvalue weighted by Gasteiger charge is 2.09. The first-order valence-electron chi connectivity index (χ1n) is 6.00. The van der Waals surface area contributed by atoms with E-state index in [0.717, 1.165) is 29.0 Å². The van der Waals surface area contributed by atoms with Crippen LogP contribution in [0.15, 0.2) is 42.6 Å². The highest BCUT2D eigenvalue weighted by Crippen LogP contribution is 2.23. The van der Waals surface area contributed by atoms with Gasteiger partial charge >= 0.3 is 0 Å². The summed E-state index contributed by atoms with van der Waals surface area (Å²) in [6, 6.07) is 11.9. The van der Waals surface area contributed by atoms with Crippen molar-refractivity contribution in [3.8, 4) is 5.75 Å². The molecule has 94 valence electrons. The van der Waals surface area contributed by atoms with Gasteiger partial charge in [0.25, 0.3) is 0 Å². The van der Waals surface area contributed by atoms with Crippen LogP contribution in [0.1, 0.15) is 22.9 Å². The molecule has 0 radical (unpaired) electrons. The van der Waals surface area contributed by atoms with Gasteiger partial charge in [-0.25, -0.2) is 0 Å². The van der Waals surface area contributed by atoms with E-state index in [4.69, 9.17) is 10.5 Å². The smallest absolute Gasteiger partial charge is 0.121 e. The number of nitrogens with zero attached hydrogens (tertiary/aromatic N) is 1. The molecule has 0 spiro atoms. The molecule has 0 fully saturated rings. The molecule has 2 rings (SSSR count). The standard InChI is InChI=1S/C15H18N2O/c1-11-9-12(6-7-15(11)18-2)14(16)10-13-5-3-4-8-17-13/h3-9,14H,10,16H2,1-2H3. The molecular weight excluding hydrogens is 224 g/mol. The normalized spacial score (nSPS) is 12.2. The van der Waals surface area contributed by atoms with Crippen LogP contribution in [0.4, 0.5) is 0 Å². The minimum absolute atomic E-state index is 0.0375. The fourth-order valence-electron chi connectivity index (χ4n) is 1.99. The first kappa shape index (κ1) is 12.6. The predicted octanol–water partition coefficient (Wildman–Crippen LogP) is 2.64. The average molecular weight is 242 g/mol. The maximum Gasteiger partial charge on any atom is 0.121 e. The van der Waals surface area contributed by atoms with Gasteiger partial charge in [-0.2, -0.15) is 0 Å². The first-order valence-corrected chi connectivity index (χ1v) is 6.00. The molecule has 0 aliphatic rings. The fraction of sp³-hybridized carbons (Fsp3) is 0.267. The number of methoxy groups -OCH3 is 1. The van der Waals surface area contributed by atoms with Gasteiger partial charge in [-0.05, 0) is 36.2 Å². The lowest BCUT2D eigenvalue weighted by Gasteiger charge is -2.13. The van der Waals surface area contributed by atoms with Crippen LogP contribution in [0.25, 0.3) is 0 Å². The molecule has 3 heteroatoms. The summed E-state index contributed by atoms with van der Waals surface area (Å²) in [7, 11) is 1.68. The molecule has 1 aromatic carbocycles. The molecule has 2 aromatic rings. The van der Waals surface area contributed by atoms with Gasteiger partial charge in [0.1, 0.15) is 5.75 Å². The van der Waals surface area contributed by atoms with E-state index in [1.807, 2.05) is 37.3 Å². The number of aromatic nitrogens is 1. The molecule has 0 aliphatic heterocycles. The van der Waals surface area contributed by atoms with Crippen LogP contribution in [0.2, 0.25) is 0 Å². The van der Waals surface area contributed by atoms with Gasteiger partial charge in [0, 0.05) is 24.4 Å². The number of aryl methyl sites for hydroxylation is 1. The lowest BCUT2D eigenvalue weighted by molar-refractivity contribution is 0.411. The van der Waals surface area contributed by atoms with Crippen molar-refractivity contribution in [1.29, 1.82) is 0 Å². The third-order valence-electron chi connectivity index (χ3n) is 3.00. The number of rotatable bonds is 4. The topological polar surface area (TPSA) is 48.1 Å². The van der Waals surface area contributed by atoms with Crippen molar-refractivity contribution in [2.24, 2.45) is 5.73 Å². The Balaban J connectivity index is 2.14. The van der Waals surface area contributed by atoms with E-state index in [0.29, 0.717) is 0 Å². The van der Waals surface area contributed by atoms with Crippen molar-refractivity contribution < 1.29 is 4.74 Å². The van der Waals surface area contributed by atoms with E-state index in [1.165, 1.54) is 0 Å². The summed E-state index contributed by atoms with van der Waals surface area (Å²) in [6.45, 7) is 2.02. The largest absolute Gasteiger partial charge is 0.496 e. The van der Waals surface area contributed by atoms with E-state index < -0.39 is 0 Å². The molecular formula is C15H18N2O. The minimum Gasteiger partial charge on any atom is -0.496 e. The van der Waals surface area contributed by atoms with Crippen molar-refractivity contribution in [2.75, 3.05) is 7.11 Å². The number of nitrogens with two attached hydrogens (primary N) is 1. The average Bonchev–Trinajstić information content (AvgIpc) is 2.39. The summed E-state index contributed by atoms with van der Waals surface area (Å²) in [6.07, 6.45) is 2.54. The SMILES string of the molecule is COc1ccc(C(N)Cc2ccccn2)cc1C. The van der Waals surface area contributed by atoms with E-state index >= 15 is 0 Å². The van der Waals surface area contributed by atoms with Crippen LogP contribution in [0.5, 0.6) is 5.75 Å². The third kappa shape index (κ3) is 2.87. The maximum atomic E-state index is 6.21. The molecule has 2 N–H and O–H groups in total. The third-order valence-corrected chi connectivity index (χ3v) is 3.00. The Morgan fingerprint density at radius 3 is 2.72 bits per heavy atom. The molecule has 0 saturated heterocycles. The number of pyridine rings is 1. The van der Waals surface area contributed by atoms with Crippen LogP contribution in [-0.4, -0.2) is 12.1 Å². The Hall–Kier alpha value is -1.87. The molecule has 18 heavy (non-hydrogen) atoms. The van der Waals surface area contributed by atoms with Crippen LogP contribution in [-0.2, 0) is 6.42 Å². The van der Waals surface area contributed by atoms with Gasteiger partial charge in [0.2, 0.25) is 0 Å². The maximum absolute atomic E-state index is 6.21. The lowest BCUT2D eigenvalue weighted by atomic mass is 10.0. The van der Waals surface area contributed by atoms with Gasteiger partial charge in [0.05, 0.1) is 7.11 Å². The summed E-state index contributed by atoms with van der Waals surface area (Å²) < 4.78 is 5.24. The van der Waals surface area contributed by atoms with Crippen molar-refractivity contribution in [3.05, 3.63) is 59.4 Å². The van der Waals surface area contributed by atoms with Gasteiger partial charge in [-0.3, -0.25) is 4.98 Å². The molecule has 1 unspecified atom stereocenters. The van der Waals surface area contributed by atoms with E-state index in [-0.39, 0.29) is 6.04 Å². The Labute approximate surface area is 108 Å². The zero-order valence-electron chi connectivity index (χ0n) is 10.8. The Morgan fingerprint density at radius 1 is 1.28 bits per heavy atom. The number of ether oxygens (including phenoxy) is 1. The monoisotopic (exact) mass is 242 g/mol. The molecule has 3 nitrogen and oxygen atoms in total. The van der Waals surface area contributed by atoms with Crippen molar-refractivity contribution in [2.45, 2.75) is 19.4 Å². The Kier molecular flexibility index (Phi) is 3.95. The van der Waals surface area contributed by atoms with Crippen LogP contribution in [0.3, 0.4) is 0 Å². The predicted molar refractivity (Wildman–Crippen MR) is 72.6 cm³/mol. The molecule has 0 saturated carbocycles. The summed E-state index contributed by atoms with van der Waals surface area (Å²) in [5.74, 6) is 0.892. The highest BCUT2D eigenvalue weighted by molar-refractivity contribution is 5.37. The van der Waals surface area contributed by atoms with Crippen molar-refractivity contribution in [1.82, 2.24) is 4.98 Å². The number of benzene rings is 1. The summed E-state index contributed by atoms with van der Waals surface area (Å²) in [5.41, 5.74) is 9.43. The van der Waals surface area contributed by atoms with Crippen molar-refractivity contribution >= 4 is 0 Å². The van der Waals surface area contributed by atoms with Gasteiger partial charge < -0.3 is 10.5 Å². The quantitative estimate of drug-likeness (QED) is 0.896. The van der Waals surface area contributed by atoms with Gasteiger partial charge in [-0.15, -0.1) is 0 Å². The summed E-state index contributed by atoms with van der Waals surface area (Å²) in [5, 5.41) is 0. The van der Waals surface area contributed by atoms with Crippen molar-refractivity contribution in [3.63, 3.8) is 0 Å². The van der Waals surface area contributed by atoms with Gasteiger partial charge in [0.15, 0.2) is 0 Å². The summed E-state index contributed by atoms with van der Waals surface area (Å²) >= 11 is 0. The number of hydrogen-bond donors (Lipinski definition) is 1. The second kappa shape index (κ2) is 5.65. The fourth-order valence-corrected chi connectivity index (χ4v) is 1.99. The highest BCUT2D eigenvalue weighted by atomic mass is 16.5. The Morgan fingerprint density at radius 2 is 2.11 bits per heavy atom. The lowest BCUT2D eigenvalue weighted by Crippen LogP contribution is -2.14. The Bertz CT molecular complexity index is 511. The molecule has 0 bridgehead atoms. The van der Waals surface area contributed by atoms with Gasteiger partial charge in [-0.1, -0.05) is 18.2 Å². The second-order valence-electron chi connectivity index (χ2n) is 4.36. The molecule has 0 amide bonds. The molecule has 1 heterocycles. The number of hydrogen-bond acceptors (Lipinski definition) is 3. The van der Waals surface area contributed by atoms with E-state index in [1.54, 1.807) is 13.3 Å². The first-order chi connectivity index (χ1) is 8.70. The van der Waals surface area contributed by atoms with E-state index in [9.17, 15) is 0 Å². The zero-order chi connectivity index (χ0) is 13.0. The molecule has 1 atom stereocenters.